The van der Waals surface area contributed by atoms with E-state index in [0.29, 0.717) is 5.41 Å². The maximum absolute atomic E-state index is 3.74. The van der Waals surface area contributed by atoms with Crippen LogP contribution in [0, 0.1) is 11.3 Å². The third kappa shape index (κ3) is 11.6. The van der Waals surface area contributed by atoms with Crippen molar-refractivity contribution < 1.29 is 0 Å². The van der Waals surface area contributed by atoms with Crippen LogP contribution in [0.5, 0.6) is 0 Å². The molecule has 0 N–H and O–H groups in total. The van der Waals surface area contributed by atoms with Gasteiger partial charge in [0.25, 0.3) is 0 Å². The number of hydrogen-bond donors (Lipinski definition) is 0. The second kappa shape index (κ2) is 9.20. The molecule has 0 radical (unpaired) electrons. The molecule has 1 heterocycles. The Morgan fingerprint density at radius 3 is 1.64 bits per heavy atom. The predicted molar refractivity (Wildman–Crippen MR) is 67.8 cm³/mol. The van der Waals surface area contributed by atoms with E-state index in [-0.39, 0.29) is 0 Å². The van der Waals surface area contributed by atoms with Gasteiger partial charge in [-0.05, 0) is 11.3 Å². The van der Waals surface area contributed by atoms with Crippen LogP contribution in [0.2, 0.25) is 0 Å². The summed E-state index contributed by atoms with van der Waals surface area (Å²) < 4.78 is 0. The van der Waals surface area contributed by atoms with Gasteiger partial charge in [-0.3, -0.25) is 4.98 Å². The van der Waals surface area contributed by atoms with Gasteiger partial charge in [0.2, 0.25) is 0 Å². The van der Waals surface area contributed by atoms with E-state index in [0.717, 1.165) is 5.92 Å². The van der Waals surface area contributed by atoms with E-state index < -0.39 is 0 Å². The van der Waals surface area contributed by atoms with Crippen LogP contribution in [-0.2, 0) is 0 Å². The molecule has 0 atom stereocenters. The van der Waals surface area contributed by atoms with Gasteiger partial charge in [0.1, 0.15) is 0 Å². The number of aromatic nitrogens is 1. The van der Waals surface area contributed by atoms with Gasteiger partial charge in [0, 0.05) is 11.6 Å². The fourth-order valence-corrected chi connectivity index (χ4v) is 0.527. The van der Waals surface area contributed by atoms with E-state index in [4.69, 9.17) is 0 Å². The van der Waals surface area contributed by atoms with E-state index in [1.807, 2.05) is 19.2 Å². The van der Waals surface area contributed by atoms with Gasteiger partial charge in [-0.2, -0.15) is 0 Å². The van der Waals surface area contributed by atoms with Crippen LogP contribution in [0.25, 0.3) is 0 Å². The molecule has 0 aliphatic carbocycles. The van der Waals surface area contributed by atoms with Crippen molar-refractivity contribution in [2.24, 2.45) is 11.3 Å². The van der Waals surface area contributed by atoms with E-state index in [1.54, 1.807) is 23.0 Å². The summed E-state index contributed by atoms with van der Waals surface area (Å²) >= 11 is 1.60. The highest BCUT2D eigenvalue weighted by molar-refractivity contribution is 7.07. The van der Waals surface area contributed by atoms with Crippen molar-refractivity contribution in [1.82, 2.24) is 4.98 Å². The Kier molecular flexibility index (Phi) is 10.6. The number of rotatable bonds is 0. The molecule has 0 aliphatic rings. The first-order valence-corrected chi connectivity index (χ1v) is 6.21. The van der Waals surface area contributed by atoms with E-state index in [9.17, 15) is 0 Å². The molecule has 0 aliphatic heterocycles. The summed E-state index contributed by atoms with van der Waals surface area (Å²) in [5.41, 5.74) is 2.29. The zero-order valence-electron chi connectivity index (χ0n) is 10.7. The SMILES string of the molecule is CC.CC(C)C(C)(C)C.c1cscn1. The van der Waals surface area contributed by atoms with E-state index in [1.165, 1.54) is 0 Å². The molecule has 0 spiro atoms. The van der Waals surface area contributed by atoms with Gasteiger partial charge in [-0.15, -0.1) is 11.3 Å². The maximum Gasteiger partial charge on any atom is 0.0791 e. The van der Waals surface area contributed by atoms with Crippen molar-refractivity contribution in [2.45, 2.75) is 48.5 Å². The molecule has 1 nitrogen and oxygen atoms in total. The summed E-state index contributed by atoms with van der Waals surface area (Å²) in [5.74, 6) is 0.799. The van der Waals surface area contributed by atoms with Crippen molar-refractivity contribution in [3.63, 3.8) is 0 Å². The first-order valence-electron chi connectivity index (χ1n) is 5.26. The van der Waals surface area contributed by atoms with Crippen LogP contribution in [0.15, 0.2) is 17.1 Å². The number of hydrogen-bond acceptors (Lipinski definition) is 2. The van der Waals surface area contributed by atoms with Gasteiger partial charge in [0.15, 0.2) is 0 Å². The molecule has 1 aromatic heterocycles. The second-order valence-electron chi connectivity index (χ2n) is 4.20. The molecule has 0 unspecified atom stereocenters. The minimum absolute atomic E-state index is 0.500. The van der Waals surface area contributed by atoms with Crippen LogP contribution in [0.3, 0.4) is 0 Å². The lowest BCUT2D eigenvalue weighted by Gasteiger charge is -2.22. The Balaban J connectivity index is 0. The normalized spacial score (nSPS) is 9.71. The lowest BCUT2D eigenvalue weighted by molar-refractivity contribution is 0.283. The van der Waals surface area contributed by atoms with Crippen LogP contribution in [0.4, 0.5) is 0 Å². The molecule has 14 heavy (non-hydrogen) atoms. The van der Waals surface area contributed by atoms with Crippen molar-refractivity contribution in [2.75, 3.05) is 0 Å². The molecule has 1 rings (SSSR count). The highest BCUT2D eigenvalue weighted by atomic mass is 32.1. The molecular formula is C12H25NS. The minimum atomic E-state index is 0.500. The molecule has 0 aromatic carbocycles. The molecule has 0 bridgehead atoms. The zero-order valence-corrected chi connectivity index (χ0v) is 11.5. The monoisotopic (exact) mass is 215 g/mol. The van der Waals surface area contributed by atoms with Gasteiger partial charge in [-0.1, -0.05) is 48.5 Å². The van der Waals surface area contributed by atoms with Gasteiger partial charge in [-0.25, -0.2) is 0 Å². The third-order valence-electron chi connectivity index (χ3n) is 2.08. The Morgan fingerprint density at radius 2 is 1.57 bits per heavy atom. The molecule has 2 heteroatoms. The van der Waals surface area contributed by atoms with Crippen molar-refractivity contribution in [3.8, 4) is 0 Å². The molecule has 0 saturated carbocycles. The summed E-state index contributed by atoms with van der Waals surface area (Å²) in [5, 5.41) is 1.93. The Labute approximate surface area is 93.6 Å². The highest BCUT2D eigenvalue weighted by Gasteiger charge is 2.13. The average molecular weight is 215 g/mol. The molecule has 1 aromatic rings. The summed E-state index contributed by atoms with van der Waals surface area (Å²) in [6.07, 6.45) is 1.77. The predicted octanol–water partition coefficient (Wildman–Crippen LogP) is 4.86. The first kappa shape index (κ1) is 16.1. The van der Waals surface area contributed by atoms with Gasteiger partial charge < -0.3 is 0 Å². The Hall–Kier alpha value is -0.370. The molecule has 0 amide bonds. The first-order chi connectivity index (χ1) is 6.44. The number of thiazole rings is 1. The summed E-state index contributed by atoms with van der Waals surface area (Å²) in [4.78, 5) is 3.74. The van der Waals surface area contributed by atoms with Crippen molar-refractivity contribution >= 4 is 11.3 Å². The fraction of sp³-hybridized carbons (Fsp3) is 0.750. The quantitative estimate of drug-likeness (QED) is 0.602. The average Bonchev–Trinajstić information content (AvgIpc) is 2.63. The van der Waals surface area contributed by atoms with E-state index >= 15 is 0 Å². The summed E-state index contributed by atoms with van der Waals surface area (Å²) in [6.45, 7) is 15.3. The maximum atomic E-state index is 3.74. The largest absolute Gasteiger partial charge is 0.253 e. The molecule has 0 saturated heterocycles. The standard InChI is InChI=1S/C7H16.C3H3NS.C2H6/c1-6(2)7(3,4)5;1-2-5-3-4-1;1-2/h6H,1-5H3;1-3H;1-2H3. The van der Waals surface area contributed by atoms with E-state index in [2.05, 4.69) is 39.6 Å². The zero-order chi connectivity index (χ0) is 11.6. The van der Waals surface area contributed by atoms with Gasteiger partial charge >= 0.3 is 0 Å². The van der Waals surface area contributed by atoms with Crippen LogP contribution >= 0.6 is 11.3 Å². The number of nitrogens with zero attached hydrogens (tertiary/aromatic N) is 1. The second-order valence-corrected chi connectivity index (χ2v) is 4.95. The van der Waals surface area contributed by atoms with Gasteiger partial charge in [0.05, 0.1) is 5.51 Å². The Morgan fingerprint density at radius 1 is 1.14 bits per heavy atom. The van der Waals surface area contributed by atoms with Crippen molar-refractivity contribution in [1.29, 1.82) is 0 Å². The third-order valence-corrected chi connectivity index (χ3v) is 2.60. The van der Waals surface area contributed by atoms with Crippen LogP contribution in [0.1, 0.15) is 48.5 Å². The van der Waals surface area contributed by atoms with Crippen LogP contribution in [-0.4, -0.2) is 4.98 Å². The highest BCUT2D eigenvalue weighted by Crippen LogP contribution is 2.23. The molecule has 0 fully saturated rings. The lowest BCUT2D eigenvalue weighted by Crippen LogP contribution is -2.12. The lowest BCUT2D eigenvalue weighted by atomic mass is 9.84. The Bertz CT molecular complexity index is 155. The summed E-state index contributed by atoms with van der Waals surface area (Å²) in [6, 6.07) is 0. The molecule has 84 valence electrons. The van der Waals surface area contributed by atoms with Crippen molar-refractivity contribution in [3.05, 3.63) is 17.1 Å². The summed E-state index contributed by atoms with van der Waals surface area (Å²) in [7, 11) is 0. The van der Waals surface area contributed by atoms with Crippen LogP contribution < -0.4 is 0 Å². The fourth-order valence-electron chi connectivity index (χ4n) is 0.176. The molecular weight excluding hydrogens is 190 g/mol. The minimum Gasteiger partial charge on any atom is -0.253 e. The topological polar surface area (TPSA) is 12.9 Å². The smallest absolute Gasteiger partial charge is 0.0791 e.